The first-order chi connectivity index (χ1) is 17.3. The normalized spacial score (nSPS) is 17.0. The van der Waals surface area contributed by atoms with E-state index in [0.29, 0.717) is 12.0 Å². The number of nitrogens with zero attached hydrogens (tertiary/aromatic N) is 1. The molecular weight excluding hydrogens is 446 g/mol. The van der Waals surface area contributed by atoms with Gasteiger partial charge in [0.15, 0.2) is 0 Å². The summed E-state index contributed by atoms with van der Waals surface area (Å²) in [5.41, 5.74) is 4.83. The van der Waals surface area contributed by atoms with Gasteiger partial charge in [0.25, 0.3) is 5.91 Å². The Morgan fingerprint density at radius 1 is 1.03 bits per heavy atom. The number of benzene rings is 2. The molecule has 3 atom stereocenters. The number of amides is 2. The Balaban J connectivity index is 1.72. The fourth-order valence-corrected chi connectivity index (χ4v) is 5.69. The molecule has 0 aliphatic carbocycles. The van der Waals surface area contributed by atoms with Gasteiger partial charge in [-0.3, -0.25) is 9.59 Å². The van der Waals surface area contributed by atoms with Gasteiger partial charge in [-0.15, -0.1) is 0 Å². The van der Waals surface area contributed by atoms with E-state index in [-0.39, 0.29) is 29.8 Å². The van der Waals surface area contributed by atoms with Crippen LogP contribution in [0.15, 0.2) is 48.5 Å². The van der Waals surface area contributed by atoms with Gasteiger partial charge in [-0.25, -0.2) is 0 Å². The summed E-state index contributed by atoms with van der Waals surface area (Å²) in [6.45, 7) is 10.6. The number of hydrogen-bond acceptors (Lipinski definition) is 2. The molecule has 5 nitrogen and oxygen atoms in total. The fraction of sp³-hybridized carbons (Fsp3) is 0.484. The Bertz CT molecular complexity index is 1210. The zero-order valence-electron chi connectivity index (χ0n) is 22.4. The Labute approximate surface area is 215 Å². The highest BCUT2D eigenvalue weighted by Gasteiger charge is 2.45. The van der Waals surface area contributed by atoms with Gasteiger partial charge >= 0.3 is 0 Å². The molecule has 1 aliphatic heterocycles. The summed E-state index contributed by atoms with van der Waals surface area (Å²) in [6.07, 6.45) is 6.29. The second-order valence-corrected chi connectivity index (χ2v) is 10.8. The van der Waals surface area contributed by atoms with Crippen molar-refractivity contribution in [2.75, 3.05) is 0 Å². The van der Waals surface area contributed by atoms with Gasteiger partial charge < -0.3 is 15.2 Å². The Hall–Kier alpha value is -3.08. The van der Waals surface area contributed by atoms with Gasteiger partial charge in [-0.1, -0.05) is 82.9 Å². The summed E-state index contributed by atoms with van der Waals surface area (Å²) in [5, 5.41) is 4.36. The monoisotopic (exact) mass is 487 g/mol. The highest BCUT2D eigenvalue weighted by molar-refractivity contribution is 6.03. The summed E-state index contributed by atoms with van der Waals surface area (Å²) in [6, 6.07) is 15.3. The van der Waals surface area contributed by atoms with Crippen LogP contribution >= 0.6 is 0 Å². The molecule has 0 bridgehead atoms. The number of carbonyl (C=O) groups excluding carboxylic acids is 2. The van der Waals surface area contributed by atoms with E-state index >= 15 is 0 Å². The number of para-hydroxylation sites is 1. The molecule has 3 aromatic rings. The van der Waals surface area contributed by atoms with E-state index in [1.54, 1.807) is 0 Å². The lowest BCUT2D eigenvalue weighted by Gasteiger charge is -2.35. The molecule has 0 saturated heterocycles. The van der Waals surface area contributed by atoms with Gasteiger partial charge in [-0.2, -0.15) is 0 Å². The number of carbonyl (C=O) groups is 2. The van der Waals surface area contributed by atoms with E-state index in [1.807, 2.05) is 41.3 Å². The average Bonchev–Trinajstić information content (AvgIpc) is 3.33. The predicted molar refractivity (Wildman–Crippen MR) is 147 cm³/mol. The van der Waals surface area contributed by atoms with Crippen molar-refractivity contribution in [3.05, 3.63) is 70.9 Å². The molecule has 4 rings (SSSR count). The van der Waals surface area contributed by atoms with Gasteiger partial charge in [-0.05, 0) is 50.3 Å². The van der Waals surface area contributed by atoms with Crippen molar-refractivity contribution >= 4 is 22.7 Å². The minimum atomic E-state index is -0.541. The fourth-order valence-electron chi connectivity index (χ4n) is 5.69. The maximum absolute atomic E-state index is 13.9. The molecule has 2 heterocycles. The van der Waals surface area contributed by atoms with Crippen LogP contribution in [0.5, 0.6) is 0 Å². The SMILES string of the molecule is CCCCCCC(C)NC(=O)C(CC(C)C)N1C(=O)c2ccccc2C1c1c(C)[nH]c2ccccc12. The highest BCUT2D eigenvalue weighted by atomic mass is 16.2. The quantitative estimate of drug-likeness (QED) is 0.289. The Morgan fingerprint density at radius 3 is 2.50 bits per heavy atom. The first kappa shape index (κ1) is 26.0. The van der Waals surface area contributed by atoms with Crippen LogP contribution in [0.4, 0.5) is 0 Å². The molecule has 2 N–H and O–H groups in total. The van der Waals surface area contributed by atoms with Crippen LogP contribution in [-0.4, -0.2) is 33.8 Å². The van der Waals surface area contributed by atoms with E-state index in [0.717, 1.165) is 40.6 Å². The zero-order chi connectivity index (χ0) is 25.8. The van der Waals surface area contributed by atoms with E-state index in [1.165, 1.54) is 19.3 Å². The van der Waals surface area contributed by atoms with E-state index in [9.17, 15) is 9.59 Å². The zero-order valence-corrected chi connectivity index (χ0v) is 22.4. The van der Waals surface area contributed by atoms with Crippen LogP contribution in [0.1, 0.15) is 99.4 Å². The van der Waals surface area contributed by atoms with Crippen LogP contribution in [0.25, 0.3) is 10.9 Å². The average molecular weight is 488 g/mol. The molecule has 192 valence electrons. The maximum atomic E-state index is 13.9. The van der Waals surface area contributed by atoms with Crippen LogP contribution in [0.2, 0.25) is 0 Å². The maximum Gasteiger partial charge on any atom is 0.255 e. The summed E-state index contributed by atoms with van der Waals surface area (Å²) in [5.74, 6) is 0.161. The van der Waals surface area contributed by atoms with Crippen LogP contribution < -0.4 is 5.32 Å². The lowest BCUT2D eigenvalue weighted by molar-refractivity contribution is -0.127. The second-order valence-electron chi connectivity index (χ2n) is 10.8. The van der Waals surface area contributed by atoms with Crippen molar-refractivity contribution in [1.29, 1.82) is 0 Å². The molecule has 36 heavy (non-hydrogen) atoms. The molecule has 0 fully saturated rings. The van der Waals surface area contributed by atoms with Crippen LogP contribution in [0, 0.1) is 12.8 Å². The largest absolute Gasteiger partial charge is 0.358 e. The third-order valence-corrected chi connectivity index (χ3v) is 7.43. The molecule has 3 unspecified atom stereocenters. The topological polar surface area (TPSA) is 65.2 Å². The molecule has 1 aliphatic rings. The summed E-state index contributed by atoms with van der Waals surface area (Å²) < 4.78 is 0. The molecule has 0 saturated carbocycles. The molecule has 5 heteroatoms. The number of H-pyrrole nitrogens is 1. The lowest BCUT2D eigenvalue weighted by atomic mass is 9.93. The minimum Gasteiger partial charge on any atom is -0.358 e. The van der Waals surface area contributed by atoms with E-state index in [4.69, 9.17) is 0 Å². The molecule has 1 aromatic heterocycles. The number of fused-ring (bicyclic) bond motifs is 2. The van der Waals surface area contributed by atoms with Gasteiger partial charge in [0.05, 0.1) is 6.04 Å². The van der Waals surface area contributed by atoms with Gasteiger partial charge in [0.1, 0.15) is 6.04 Å². The first-order valence-corrected chi connectivity index (χ1v) is 13.6. The molecule has 2 amide bonds. The molecular formula is C31H41N3O2. The smallest absolute Gasteiger partial charge is 0.255 e. The molecule has 0 radical (unpaired) electrons. The van der Waals surface area contributed by atoms with Crippen molar-refractivity contribution in [3.8, 4) is 0 Å². The predicted octanol–water partition coefficient (Wildman–Crippen LogP) is 6.91. The van der Waals surface area contributed by atoms with Crippen molar-refractivity contribution in [3.63, 3.8) is 0 Å². The number of rotatable bonds is 11. The number of aromatic amines is 1. The van der Waals surface area contributed by atoms with Crippen molar-refractivity contribution < 1.29 is 9.59 Å². The molecule has 2 aromatic carbocycles. The highest BCUT2D eigenvalue weighted by Crippen LogP contribution is 2.44. The van der Waals surface area contributed by atoms with Crippen LogP contribution in [0.3, 0.4) is 0 Å². The Kier molecular flexibility index (Phi) is 8.17. The third kappa shape index (κ3) is 5.21. The number of nitrogens with one attached hydrogen (secondary N) is 2. The summed E-state index contributed by atoms with van der Waals surface area (Å²) in [7, 11) is 0. The standard InChI is InChI=1S/C31H41N3O2/c1-6-7-8-9-14-21(4)32-30(35)27(19-20(2)3)34-29(23-15-10-11-16-24(23)31(34)36)28-22(5)33-26-18-13-12-17-25(26)28/h10-13,15-18,20-21,27,29,33H,6-9,14,19H2,1-5H3,(H,32,35). The van der Waals surface area contributed by atoms with E-state index in [2.05, 4.69) is 57.1 Å². The van der Waals surface area contributed by atoms with Gasteiger partial charge in [0.2, 0.25) is 5.91 Å². The van der Waals surface area contributed by atoms with Gasteiger partial charge in [0, 0.05) is 33.8 Å². The number of hydrogen-bond donors (Lipinski definition) is 2. The third-order valence-electron chi connectivity index (χ3n) is 7.43. The van der Waals surface area contributed by atoms with Crippen molar-refractivity contribution in [1.82, 2.24) is 15.2 Å². The lowest BCUT2D eigenvalue weighted by Crippen LogP contribution is -2.51. The Morgan fingerprint density at radius 2 is 1.75 bits per heavy atom. The summed E-state index contributed by atoms with van der Waals surface area (Å²) >= 11 is 0. The van der Waals surface area contributed by atoms with Crippen molar-refractivity contribution in [2.24, 2.45) is 5.92 Å². The first-order valence-electron chi connectivity index (χ1n) is 13.6. The van der Waals surface area contributed by atoms with E-state index < -0.39 is 6.04 Å². The molecule has 0 spiro atoms. The van der Waals surface area contributed by atoms with Crippen molar-refractivity contribution in [2.45, 2.75) is 91.3 Å². The number of unbranched alkanes of at least 4 members (excludes halogenated alkanes) is 3. The number of aryl methyl sites for hydroxylation is 1. The second kappa shape index (κ2) is 11.3. The summed E-state index contributed by atoms with van der Waals surface area (Å²) in [4.78, 5) is 33.1. The van der Waals surface area contributed by atoms with Crippen LogP contribution in [-0.2, 0) is 4.79 Å². The number of aromatic nitrogens is 1. The minimum absolute atomic E-state index is 0.0460.